The van der Waals surface area contributed by atoms with Crippen LogP contribution in [0.25, 0.3) is 0 Å². The molecule has 148 valence electrons. The molecule has 0 radical (unpaired) electrons. The molecule has 0 saturated heterocycles. The number of ether oxygens (including phenoxy) is 1. The van der Waals surface area contributed by atoms with Crippen LogP contribution in [0.1, 0.15) is 54.5 Å². The fourth-order valence-corrected chi connectivity index (χ4v) is 3.81. The topological polar surface area (TPSA) is 87.0 Å². The predicted molar refractivity (Wildman–Crippen MR) is 108 cm³/mol. The molecule has 0 atom stereocenters. The van der Waals surface area contributed by atoms with Gasteiger partial charge in [0.2, 0.25) is 0 Å². The van der Waals surface area contributed by atoms with Crippen molar-refractivity contribution in [2.45, 2.75) is 46.0 Å². The first-order chi connectivity index (χ1) is 12.6. The normalized spacial score (nSPS) is 11.8. The zero-order valence-corrected chi connectivity index (χ0v) is 17.3. The maximum Gasteiger partial charge on any atom is 0.325 e. The van der Waals surface area contributed by atoms with Gasteiger partial charge < -0.3 is 19.6 Å². The van der Waals surface area contributed by atoms with Crippen LogP contribution in [-0.2, 0) is 23.8 Å². The summed E-state index contributed by atoms with van der Waals surface area (Å²) in [6.07, 6.45) is 1.61. The lowest BCUT2D eigenvalue weighted by atomic mass is 9.92. The highest BCUT2D eigenvalue weighted by molar-refractivity contribution is 7.51. The number of hydrogen-bond donors (Lipinski definition) is 3. The number of hydrogen-bond acceptors (Lipinski definition) is 3. The number of phenolic OH excluding ortho intramolecular Hbond substituents is 1. The summed E-state index contributed by atoms with van der Waals surface area (Å²) in [6, 6.07) is 9.56. The maximum atomic E-state index is 11.2. The van der Waals surface area contributed by atoms with Gasteiger partial charge in [-0.15, -0.1) is 0 Å². The van der Waals surface area contributed by atoms with E-state index in [1.54, 1.807) is 13.2 Å². The Hall–Kier alpha value is -1.81. The first-order valence-corrected chi connectivity index (χ1v) is 11.0. The molecule has 5 nitrogen and oxygen atoms in total. The Morgan fingerprint density at radius 2 is 1.81 bits per heavy atom. The second kappa shape index (κ2) is 8.92. The number of methoxy groups -OCH3 is 1. The predicted octanol–water partition coefficient (Wildman–Crippen LogP) is 4.40. The molecular formula is C21H29O5P. The molecule has 27 heavy (non-hydrogen) atoms. The fourth-order valence-electron chi connectivity index (χ4n) is 3.26. The molecule has 0 spiro atoms. The average molecular weight is 392 g/mol. The molecule has 0 unspecified atom stereocenters. The van der Waals surface area contributed by atoms with E-state index in [1.807, 2.05) is 38.1 Å². The third kappa shape index (κ3) is 5.83. The van der Waals surface area contributed by atoms with Crippen LogP contribution in [0.4, 0.5) is 0 Å². The summed E-state index contributed by atoms with van der Waals surface area (Å²) in [6.45, 7) is 6.15. The van der Waals surface area contributed by atoms with E-state index >= 15 is 0 Å². The molecular weight excluding hydrogens is 363 g/mol. The lowest BCUT2D eigenvalue weighted by molar-refractivity contribution is 0.373. The molecule has 2 aromatic carbocycles. The van der Waals surface area contributed by atoms with Crippen molar-refractivity contribution in [1.29, 1.82) is 0 Å². The number of benzene rings is 2. The first-order valence-electron chi connectivity index (χ1n) is 9.19. The van der Waals surface area contributed by atoms with Crippen LogP contribution in [0, 0.1) is 0 Å². The SMILES string of the molecule is CCc1cc(CCP(=O)(O)O)cc(OC)c1Cc1ccc(O)c(C(C)C)c1. The highest BCUT2D eigenvalue weighted by atomic mass is 31.2. The Balaban J connectivity index is 2.38. The minimum Gasteiger partial charge on any atom is -0.508 e. The van der Waals surface area contributed by atoms with E-state index in [0.717, 1.165) is 40.0 Å². The molecule has 0 aromatic heterocycles. The van der Waals surface area contributed by atoms with Crippen molar-refractivity contribution >= 4 is 7.60 Å². The Bertz CT molecular complexity index is 813. The van der Waals surface area contributed by atoms with E-state index in [-0.39, 0.29) is 12.1 Å². The molecule has 2 rings (SSSR count). The van der Waals surface area contributed by atoms with Crippen LogP contribution in [0.3, 0.4) is 0 Å². The standard InChI is InChI=1S/C21H29O5P/c1-5-17-10-16(8-9-27(23,24)25)13-21(26-4)19(17)12-15-6-7-20(22)18(11-15)14(2)3/h6-7,10-11,13-14,22H,5,8-9,12H2,1-4H3,(H2,23,24,25). The number of aryl methyl sites for hydroxylation is 2. The van der Waals surface area contributed by atoms with Gasteiger partial charge in [0.1, 0.15) is 11.5 Å². The molecule has 0 fully saturated rings. The quantitative estimate of drug-likeness (QED) is 0.580. The highest BCUT2D eigenvalue weighted by Crippen LogP contribution is 2.36. The lowest BCUT2D eigenvalue weighted by Gasteiger charge is -2.17. The summed E-state index contributed by atoms with van der Waals surface area (Å²) in [4.78, 5) is 18.3. The fraction of sp³-hybridized carbons (Fsp3) is 0.429. The van der Waals surface area contributed by atoms with Gasteiger partial charge in [0.25, 0.3) is 0 Å². The summed E-state index contributed by atoms with van der Waals surface area (Å²) in [5.41, 5.74) is 5.05. The van der Waals surface area contributed by atoms with E-state index in [9.17, 15) is 9.67 Å². The molecule has 0 aliphatic rings. The molecule has 6 heteroatoms. The average Bonchev–Trinajstić information content (AvgIpc) is 2.61. The summed E-state index contributed by atoms with van der Waals surface area (Å²) in [5.74, 6) is 1.27. The molecule has 0 saturated carbocycles. The molecule has 2 aromatic rings. The Morgan fingerprint density at radius 1 is 1.11 bits per heavy atom. The van der Waals surface area contributed by atoms with Crippen LogP contribution in [0.15, 0.2) is 30.3 Å². The van der Waals surface area contributed by atoms with Crippen molar-refractivity contribution in [3.05, 3.63) is 58.1 Å². The Morgan fingerprint density at radius 3 is 2.37 bits per heavy atom. The van der Waals surface area contributed by atoms with Gasteiger partial charge in [-0.25, -0.2) is 0 Å². The number of aromatic hydroxyl groups is 1. The number of rotatable bonds is 8. The summed E-state index contributed by atoms with van der Waals surface area (Å²) in [7, 11) is -2.42. The molecule has 0 aliphatic carbocycles. The zero-order chi connectivity index (χ0) is 20.2. The van der Waals surface area contributed by atoms with E-state index < -0.39 is 7.60 Å². The van der Waals surface area contributed by atoms with Gasteiger partial charge in [-0.05, 0) is 53.1 Å². The van der Waals surface area contributed by atoms with Crippen molar-refractivity contribution in [3.8, 4) is 11.5 Å². The Labute approximate surface area is 161 Å². The molecule has 0 heterocycles. The van der Waals surface area contributed by atoms with Gasteiger partial charge in [0.05, 0.1) is 13.3 Å². The zero-order valence-electron chi connectivity index (χ0n) is 16.4. The monoisotopic (exact) mass is 392 g/mol. The van der Waals surface area contributed by atoms with E-state index in [1.165, 1.54) is 0 Å². The third-order valence-electron chi connectivity index (χ3n) is 4.75. The second-order valence-corrected chi connectivity index (χ2v) is 8.93. The van der Waals surface area contributed by atoms with Crippen molar-refractivity contribution in [1.82, 2.24) is 0 Å². The van der Waals surface area contributed by atoms with Gasteiger partial charge >= 0.3 is 7.60 Å². The molecule has 0 bridgehead atoms. The smallest absolute Gasteiger partial charge is 0.325 e. The molecule has 0 amide bonds. The largest absolute Gasteiger partial charge is 0.508 e. The van der Waals surface area contributed by atoms with Gasteiger partial charge in [-0.1, -0.05) is 39.0 Å². The summed E-state index contributed by atoms with van der Waals surface area (Å²) < 4.78 is 16.8. The molecule has 0 aliphatic heterocycles. The van der Waals surface area contributed by atoms with Crippen molar-refractivity contribution in [2.24, 2.45) is 0 Å². The summed E-state index contributed by atoms with van der Waals surface area (Å²) in [5, 5.41) is 10.0. The van der Waals surface area contributed by atoms with Gasteiger partial charge in [0.15, 0.2) is 0 Å². The number of phenols is 1. The second-order valence-electron chi connectivity index (χ2n) is 7.15. The van der Waals surface area contributed by atoms with Crippen LogP contribution in [0.5, 0.6) is 11.5 Å². The molecule has 3 N–H and O–H groups in total. The van der Waals surface area contributed by atoms with Crippen LogP contribution >= 0.6 is 7.60 Å². The van der Waals surface area contributed by atoms with E-state index in [0.29, 0.717) is 18.6 Å². The van der Waals surface area contributed by atoms with Crippen molar-refractivity contribution < 1.29 is 24.2 Å². The van der Waals surface area contributed by atoms with Crippen LogP contribution < -0.4 is 4.74 Å². The maximum absolute atomic E-state index is 11.2. The Kier molecular flexibility index (Phi) is 7.10. The van der Waals surface area contributed by atoms with Gasteiger partial charge in [-0.3, -0.25) is 4.57 Å². The van der Waals surface area contributed by atoms with Crippen molar-refractivity contribution in [2.75, 3.05) is 13.3 Å². The minimum atomic E-state index is -4.03. The van der Waals surface area contributed by atoms with E-state index in [2.05, 4.69) is 6.92 Å². The first kappa shape index (κ1) is 21.5. The van der Waals surface area contributed by atoms with Crippen LogP contribution in [0.2, 0.25) is 0 Å². The lowest BCUT2D eigenvalue weighted by Crippen LogP contribution is -2.03. The highest BCUT2D eigenvalue weighted by Gasteiger charge is 2.16. The summed E-state index contributed by atoms with van der Waals surface area (Å²) >= 11 is 0. The van der Waals surface area contributed by atoms with Crippen LogP contribution in [-0.4, -0.2) is 28.2 Å². The minimum absolute atomic E-state index is 0.172. The van der Waals surface area contributed by atoms with Gasteiger partial charge in [-0.2, -0.15) is 0 Å². The van der Waals surface area contributed by atoms with E-state index in [4.69, 9.17) is 14.5 Å². The third-order valence-corrected chi connectivity index (χ3v) is 5.55. The van der Waals surface area contributed by atoms with Crippen molar-refractivity contribution in [3.63, 3.8) is 0 Å². The van der Waals surface area contributed by atoms with Gasteiger partial charge in [0, 0.05) is 12.0 Å².